The van der Waals surface area contributed by atoms with Gasteiger partial charge in [-0.15, -0.1) is 0 Å². The minimum atomic E-state index is -0.415. The lowest BCUT2D eigenvalue weighted by molar-refractivity contribution is -0.135. The van der Waals surface area contributed by atoms with Crippen molar-refractivity contribution in [1.82, 2.24) is 4.90 Å². The summed E-state index contributed by atoms with van der Waals surface area (Å²) in [5, 5.41) is 0. The average molecular weight is 410 g/mol. The Bertz CT molecular complexity index is 988. The van der Waals surface area contributed by atoms with E-state index in [1.807, 2.05) is 0 Å². The third-order valence-electron chi connectivity index (χ3n) is 5.31. The van der Waals surface area contributed by atoms with Gasteiger partial charge in [0, 0.05) is 38.3 Å². The summed E-state index contributed by atoms with van der Waals surface area (Å²) < 4.78 is 15.4. The standard InChI is InChI=1S/C22H22N2O6/c1-23(11-14-3-5-15(6-4-14)22(27)28-2)21(26)16-9-20(25)24(12-16)17-7-8-18-19(10-17)30-13-29-18/h3-8,10,16H,9,11-13H2,1-2H3. The van der Waals surface area contributed by atoms with E-state index in [0.29, 0.717) is 35.8 Å². The number of ether oxygens (including phenoxy) is 3. The molecule has 0 spiro atoms. The van der Waals surface area contributed by atoms with Crippen LogP contribution in [0.25, 0.3) is 0 Å². The van der Waals surface area contributed by atoms with Gasteiger partial charge < -0.3 is 24.0 Å². The van der Waals surface area contributed by atoms with Crippen molar-refractivity contribution in [2.75, 3.05) is 32.4 Å². The van der Waals surface area contributed by atoms with E-state index in [1.165, 1.54) is 7.11 Å². The van der Waals surface area contributed by atoms with Crippen molar-refractivity contribution >= 4 is 23.5 Å². The molecule has 2 heterocycles. The zero-order valence-corrected chi connectivity index (χ0v) is 16.8. The number of methoxy groups -OCH3 is 1. The number of fused-ring (bicyclic) bond motifs is 1. The molecule has 8 nitrogen and oxygen atoms in total. The highest BCUT2D eigenvalue weighted by Crippen LogP contribution is 2.37. The summed E-state index contributed by atoms with van der Waals surface area (Å²) in [6.07, 6.45) is 0.166. The average Bonchev–Trinajstić information content (AvgIpc) is 3.38. The van der Waals surface area contributed by atoms with Crippen LogP contribution in [0.3, 0.4) is 0 Å². The van der Waals surface area contributed by atoms with Crippen LogP contribution in [0.4, 0.5) is 5.69 Å². The number of hydrogen-bond donors (Lipinski definition) is 0. The number of amides is 2. The molecular weight excluding hydrogens is 388 g/mol. The second-order valence-corrected chi connectivity index (χ2v) is 7.33. The van der Waals surface area contributed by atoms with Crippen molar-refractivity contribution in [2.24, 2.45) is 5.92 Å². The van der Waals surface area contributed by atoms with Crippen molar-refractivity contribution in [2.45, 2.75) is 13.0 Å². The Morgan fingerprint density at radius 3 is 2.60 bits per heavy atom. The first-order valence-corrected chi connectivity index (χ1v) is 9.58. The normalized spacial score (nSPS) is 17.2. The van der Waals surface area contributed by atoms with Gasteiger partial charge in [0.2, 0.25) is 18.6 Å². The van der Waals surface area contributed by atoms with Gasteiger partial charge in [0.05, 0.1) is 18.6 Å². The van der Waals surface area contributed by atoms with Gasteiger partial charge in [0.1, 0.15) is 0 Å². The number of carbonyl (C=O) groups excluding carboxylic acids is 3. The van der Waals surface area contributed by atoms with Crippen molar-refractivity contribution in [3.8, 4) is 11.5 Å². The lowest BCUT2D eigenvalue weighted by Gasteiger charge is -2.22. The summed E-state index contributed by atoms with van der Waals surface area (Å²) in [6, 6.07) is 12.2. The van der Waals surface area contributed by atoms with Crippen molar-refractivity contribution in [3.05, 3.63) is 53.6 Å². The van der Waals surface area contributed by atoms with E-state index in [0.717, 1.165) is 5.56 Å². The number of rotatable bonds is 5. The van der Waals surface area contributed by atoms with Gasteiger partial charge >= 0.3 is 5.97 Å². The Hall–Kier alpha value is -3.55. The predicted octanol–water partition coefficient (Wildman–Crippen LogP) is 2.21. The zero-order chi connectivity index (χ0) is 21.3. The van der Waals surface area contributed by atoms with Crippen LogP contribution in [-0.2, 0) is 20.9 Å². The molecule has 0 bridgehead atoms. The first-order chi connectivity index (χ1) is 14.5. The van der Waals surface area contributed by atoms with Crippen molar-refractivity contribution in [3.63, 3.8) is 0 Å². The molecule has 8 heteroatoms. The maximum atomic E-state index is 12.9. The van der Waals surface area contributed by atoms with Crippen LogP contribution in [0, 0.1) is 5.92 Å². The molecule has 30 heavy (non-hydrogen) atoms. The molecule has 2 aromatic rings. The Morgan fingerprint density at radius 2 is 1.87 bits per heavy atom. The molecular formula is C22H22N2O6. The van der Waals surface area contributed by atoms with E-state index in [-0.39, 0.29) is 25.0 Å². The van der Waals surface area contributed by atoms with Crippen LogP contribution in [0.5, 0.6) is 11.5 Å². The summed E-state index contributed by atoms with van der Waals surface area (Å²) in [5.74, 6) is 0.242. The number of nitrogens with zero attached hydrogens (tertiary/aromatic N) is 2. The molecule has 2 amide bonds. The van der Waals surface area contributed by atoms with Gasteiger partial charge in [-0.25, -0.2) is 4.79 Å². The molecule has 1 unspecified atom stereocenters. The molecule has 1 fully saturated rings. The van der Waals surface area contributed by atoms with Gasteiger partial charge in [0.25, 0.3) is 0 Å². The Labute approximate surface area is 173 Å². The molecule has 156 valence electrons. The molecule has 0 radical (unpaired) electrons. The summed E-state index contributed by atoms with van der Waals surface area (Å²) >= 11 is 0. The Morgan fingerprint density at radius 1 is 1.13 bits per heavy atom. The van der Waals surface area contributed by atoms with E-state index < -0.39 is 11.9 Å². The van der Waals surface area contributed by atoms with E-state index in [4.69, 9.17) is 9.47 Å². The van der Waals surface area contributed by atoms with Gasteiger partial charge in [-0.3, -0.25) is 9.59 Å². The van der Waals surface area contributed by atoms with E-state index in [2.05, 4.69) is 4.74 Å². The number of esters is 1. The maximum absolute atomic E-state index is 12.9. The predicted molar refractivity (Wildman–Crippen MR) is 107 cm³/mol. The van der Waals surface area contributed by atoms with Crippen LogP contribution < -0.4 is 14.4 Å². The lowest BCUT2D eigenvalue weighted by atomic mass is 10.1. The first kappa shape index (κ1) is 19.8. The molecule has 2 aromatic carbocycles. The fraction of sp³-hybridized carbons (Fsp3) is 0.318. The topological polar surface area (TPSA) is 85.4 Å². The van der Waals surface area contributed by atoms with Gasteiger partial charge in [-0.1, -0.05) is 12.1 Å². The SMILES string of the molecule is COC(=O)c1ccc(CN(C)C(=O)C2CC(=O)N(c3ccc4c(c3)OCO4)C2)cc1. The Balaban J connectivity index is 1.40. The summed E-state index contributed by atoms with van der Waals surface area (Å²) in [7, 11) is 3.04. The monoisotopic (exact) mass is 410 g/mol. The molecule has 1 atom stereocenters. The van der Waals surface area contributed by atoms with E-state index >= 15 is 0 Å². The molecule has 2 aliphatic rings. The minimum Gasteiger partial charge on any atom is -0.465 e. The highest BCUT2D eigenvalue weighted by Gasteiger charge is 2.37. The minimum absolute atomic E-state index is 0.0939. The Kier molecular flexibility index (Phi) is 5.31. The van der Waals surface area contributed by atoms with Crippen LogP contribution in [-0.4, -0.2) is 50.2 Å². The molecule has 1 saturated heterocycles. The summed E-state index contributed by atoms with van der Waals surface area (Å²) in [5.41, 5.74) is 2.03. The fourth-order valence-electron chi connectivity index (χ4n) is 3.70. The molecule has 4 rings (SSSR count). The third-order valence-corrected chi connectivity index (χ3v) is 5.31. The highest BCUT2D eigenvalue weighted by atomic mass is 16.7. The number of carbonyl (C=O) groups is 3. The van der Waals surface area contributed by atoms with Crippen LogP contribution in [0.1, 0.15) is 22.3 Å². The molecule has 0 N–H and O–H groups in total. The molecule has 2 aliphatic heterocycles. The smallest absolute Gasteiger partial charge is 0.337 e. The van der Waals surface area contributed by atoms with Gasteiger partial charge in [0.15, 0.2) is 11.5 Å². The second kappa shape index (κ2) is 8.06. The van der Waals surface area contributed by atoms with Crippen LogP contribution in [0.15, 0.2) is 42.5 Å². The largest absolute Gasteiger partial charge is 0.465 e. The van der Waals surface area contributed by atoms with Gasteiger partial charge in [-0.05, 0) is 29.8 Å². The van der Waals surface area contributed by atoms with E-state index in [1.54, 1.807) is 59.3 Å². The molecule has 0 saturated carbocycles. The molecule has 0 aliphatic carbocycles. The second-order valence-electron chi connectivity index (χ2n) is 7.33. The summed E-state index contributed by atoms with van der Waals surface area (Å²) in [6.45, 7) is 0.872. The quantitative estimate of drug-likeness (QED) is 0.703. The van der Waals surface area contributed by atoms with Crippen molar-refractivity contribution < 1.29 is 28.6 Å². The lowest BCUT2D eigenvalue weighted by Crippen LogP contribution is -2.34. The van der Waals surface area contributed by atoms with Crippen LogP contribution in [0.2, 0.25) is 0 Å². The number of anilines is 1. The number of benzene rings is 2. The summed E-state index contributed by atoms with van der Waals surface area (Å²) in [4.78, 5) is 40.2. The maximum Gasteiger partial charge on any atom is 0.337 e. The first-order valence-electron chi connectivity index (χ1n) is 9.58. The van der Waals surface area contributed by atoms with Gasteiger partial charge in [-0.2, -0.15) is 0 Å². The zero-order valence-electron chi connectivity index (χ0n) is 16.8. The van der Waals surface area contributed by atoms with E-state index in [9.17, 15) is 14.4 Å². The number of hydrogen-bond acceptors (Lipinski definition) is 6. The molecule has 0 aromatic heterocycles. The highest BCUT2D eigenvalue weighted by molar-refractivity contribution is 6.00. The van der Waals surface area contributed by atoms with Crippen LogP contribution >= 0.6 is 0 Å². The fourth-order valence-corrected chi connectivity index (χ4v) is 3.70. The van der Waals surface area contributed by atoms with Crippen molar-refractivity contribution in [1.29, 1.82) is 0 Å². The third kappa shape index (κ3) is 3.80.